The van der Waals surface area contributed by atoms with Gasteiger partial charge < -0.3 is 10.6 Å². The zero-order chi connectivity index (χ0) is 12.4. The summed E-state index contributed by atoms with van der Waals surface area (Å²) in [4.78, 5) is 14.6. The smallest absolute Gasteiger partial charge is 0.226 e. The van der Waals surface area contributed by atoms with E-state index < -0.39 is 0 Å². The quantitative estimate of drug-likeness (QED) is 0.840. The molecule has 3 nitrogen and oxygen atoms in total. The third-order valence-electron chi connectivity index (χ3n) is 4.46. The highest BCUT2D eigenvalue weighted by atomic mass is 35.5. The zero-order valence-corrected chi connectivity index (χ0v) is 12.4. The predicted octanol–water partition coefficient (Wildman–Crippen LogP) is 2.29. The van der Waals surface area contributed by atoms with Gasteiger partial charge in [-0.25, -0.2) is 0 Å². The SMILES string of the molecule is CC1CC(C)CN(C(=O)[C@@H]2CCC[C@@H]2CN)C1.Cl. The van der Waals surface area contributed by atoms with Gasteiger partial charge in [-0.1, -0.05) is 20.3 Å². The molecule has 2 N–H and O–H groups in total. The van der Waals surface area contributed by atoms with Crippen molar-refractivity contribution in [3.63, 3.8) is 0 Å². The lowest BCUT2D eigenvalue weighted by atomic mass is 9.89. The van der Waals surface area contributed by atoms with Crippen LogP contribution in [0.25, 0.3) is 0 Å². The molecule has 0 spiro atoms. The van der Waals surface area contributed by atoms with E-state index in [0.29, 0.717) is 30.2 Å². The highest BCUT2D eigenvalue weighted by Gasteiger charge is 2.36. The van der Waals surface area contributed by atoms with Crippen LogP contribution >= 0.6 is 12.4 Å². The lowest BCUT2D eigenvalue weighted by Crippen LogP contribution is -2.46. The Morgan fingerprint density at radius 2 is 1.83 bits per heavy atom. The summed E-state index contributed by atoms with van der Waals surface area (Å²) in [6.07, 6.45) is 4.64. The summed E-state index contributed by atoms with van der Waals surface area (Å²) < 4.78 is 0. The molecule has 1 aliphatic carbocycles. The van der Waals surface area contributed by atoms with Crippen molar-refractivity contribution in [2.45, 2.75) is 39.5 Å². The minimum absolute atomic E-state index is 0. The number of halogens is 1. The first kappa shape index (κ1) is 15.8. The number of nitrogens with two attached hydrogens (primary N) is 1. The van der Waals surface area contributed by atoms with Crippen molar-refractivity contribution < 1.29 is 4.79 Å². The molecule has 2 aliphatic rings. The fourth-order valence-electron chi connectivity index (χ4n) is 3.72. The predicted molar refractivity (Wildman–Crippen MR) is 76.7 cm³/mol. The van der Waals surface area contributed by atoms with Crippen molar-refractivity contribution >= 4 is 18.3 Å². The van der Waals surface area contributed by atoms with E-state index in [1.54, 1.807) is 0 Å². The number of nitrogens with zero attached hydrogens (tertiary/aromatic N) is 1. The summed E-state index contributed by atoms with van der Waals surface area (Å²) in [7, 11) is 0. The second-order valence-corrected chi connectivity index (χ2v) is 6.22. The molecule has 4 heteroatoms. The van der Waals surface area contributed by atoms with Crippen LogP contribution in [0.4, 0.5) is 0 Å². The van der Waals surface area contributed by atoms with E-state index in [4.69, 9.17) is 5.73 Å². The van der Waals surface area contributed by atoms with Crippen LogP contribution in [0.2, 0.25) is 0 Å². The average Bonchev–Trinajstić information content (AvgIpc) is 2.74. The maximum absolute atomic E-state index is 12.5. The van der Waals surface area contributed by atoms with E-state index >= 15 is 0 Å². The van der Waals surface area contributed by atoms with Crippen LogP contribution in [-0.2, 0) is 4.79 Å². The van der Waals surface area contributed by atoms with Gasteiger partial charge in [0.25, 0.3) is 0 Å². The van der Waals surface area contributed by atoms with Gasteiger partial charge in [-0.15, -0.1) is 12.4 Å². The summed E-state index contributed by atoms with van der Waals surface area (Å²) in [5, 5.41) is 0. The summed E-state index contributed by atoms with van der Waals surface area (Å²) in [6.45, 7) is 7.10. The molecular weight excluding hydrogens is 248 g/mol. The first-order valence-electron chi connectivity index (χ1n) is 7.10. The van der Waals surface area contributed by atoms with E-state index in [0.717, 1.165) is 25.9 Å². The lowest BCUT2D eigenvalue weighted by Gasteiger charge is -2.37. The Hall–Kier alpha value is -0.280. The molecule has 0 bridgehead atoms. The maximum Gasteiger partial charge on any atom is 0.226 e. The number of amides is 1. The number of carbonyl (C=O) groups is 1. The van der Waals surface area contributed by atoms with Crippen LogP contribution in [0.3, 0.4) is 0 Å². The highest BCUT2D eigenvalue weighted by Crippen LogP contribution is 2.33. The van der Waals surface area contributed by atoms with Gasteiger partial charge in [-0.2, -0.15) is 0 Å². The van der Waals surface area contributed by atoms with E-state index in [1.165, 1.54) is 12.8 Å². The van der Waals surface area contributed by atoms with Gasteiger partial charge in [0.2, 0.25) is 5.91 Å². The van der Waals surface area contributed by atoms with Gasteiger partial charge in [0, 0.05) is 19.0 Å². The molecule has 2 unspecified atom stereocenters. The number of piperidine rings is 1. The molecular formula is C14H27ClN2O. The Kier molecular flexibility index (Phi) is 5.93. The molecule has 1 saturated carbocycles. The Balaban J connectivity index is 0.00000162. The van der Waals surface area contributed by atoms with Crippen LogP contribution in [0.5, 0.6) is 0 Å². The molecule has 1 amide bonds. The van der Waals surface area contributed by atoms with Crippen molar-refractivity contribution in [2.24, 2.45) is 29.4 Å². The van der Waals surface area contributed by atoms with Gasteiger partial charge >= 0.3 is 0 Å². The van der Waals surface area contributed by atoms with Crippen LogP contribution in [-0.4, -0.2) is 30.4 Å². The van der Waals surface area contributed by atoms with Gasteiger partial charge in [-0.3, -0.25) is 4.79 Å². The summed E-state index contributed by atoms with van der Waals surface area (Å²) in [5.41, 5.74) is 5.78. The Morgan fingerprint density at radius 3 is 2.39 bits per heavy atom. The second-order valence-electron chi connectivity index (χ2n) is 6.22. The molecule has 4 atom stereocenters. The highest BCUT2D eigenvalue weighted by molar-refractivity contribution is 5.85. The van der Waals surface area contributed by atoms with Crippen molar-refractivity contribution in [1.29, 1.82) is 0 Å². The minimum Gasteiger partial charge on any atom is -0.342 e. The summed E-state index contributed by atoms with van der Waals surface area (Å²) >= 11 is 0. The molecule has 0 aromatic rings. The van der Waals surface area contributed by atoms with Crippen LogP contribution in [0.1, 0.15) is 39.5 Å². The molecule has 106 valence electrons. The monoisotopic (exact) mass is 274 g/mol. The Labute approximate surface area is 117 Å². The van der Waals surface area contributed by atoms with Crippen molar-refractivity contribution in [3.8, 4) is 0 Å². The van der Waals surface area contributed by atoms with Crippen molar-refractivity contribution in [1.82, 2.24) is 4.90 Å². The second kappa shape index (κ2) is 6.76. The largest absolute Gasteiger partial charge is 0.342 e. The Bertz CT molecular complexity index is 275. The lowest BCUT2D eigenvalue weighted by molar-refractivity contribution is -0.139. The minimum atomic E-state index is 0. The van der Waals surface area contributed by atoms with E-state index in [9.17, 15) is 4.79 Å². The first-order valence-corrected chi connectivity index (χ1v) is 7.10. The van der Waals surface area contributed by atoms with Gasteiger partial charge in [-0.05, 0) is 43.6 Å². The number of likely N-dealkylation sites (tertiary alicyclic amines) is 1. The molecule has 1 saturated heterocycles. The van der Waals surface area contributed by atoms with Crippen molar-refractivity contribution in [3.05, 3.63) is 0 Å². The van der Waals surface area contributed by atoms with E-state index in [1.807, 2.05) is 0 Å². The van der Waals surface area contributed by atoms with Crippen LogP contribution in [0.15, 0.2) is 0 Å². The zero-order valence-electron chi connectivity index (χ0n) is 11.6. The molecule has 0 aromatic heterocycles. The fraction of sp³-hybridized carbons (Fsp3) is 0.929. The first-order chi connectivity index (χ1) is 8.11. The van der Waals surface area contributed by atoms with Crippen LogP contribution < -0.4 is 5.73 Å². The normalized spacial score (nSPS) is 36.3. The average molecular weight is 275 g/mol. The molecule has 2 rings (SSSR count). The fourth-order valence-corrected chi connectivity index (χ4v) is 3.72. The van der Waals surface area contributed by atoms with Gasteiger partial charge in [0.1, 0.15) is 0 Å². The Morgan fingerprint density at radius 1 is 1.22 bits per heavy atom. The van der Waals surface area contributed by atoms with Gasteiger partial charge in [0.05, 0.1) is 0 Å². The number of hydrogen-bond donors (Lipinski definition) is 1. The third kappa shape index (κ3) is 3.39. The van der Waals surface area contributed by atoms with Gasteiger partial charge in [0.15, 0.2) is 0 Å². The molecule has 2 fully saturated rings. The van der Waals surface area contributed by atoms with Crippen LogP contribution in [0, 0.1) is 23.7 Å². The molecule has 0 aromatic carbocycles. The summed E-state index contributed by atoms with van der Waals surface area (Å²) in [5.74, 6) is 2.35. The van der Waals surface area contributed by atoms with E-state index in [-0.39, 0.29) is 18.3 Å². The summed E-state index contributed by atoms with van der Waals surface area (Å²) in [6, 6.07) is 0. The van der Waals surface area contributed by atoms with E-state index in [2.05, 4.69) is 18.7 Å². The maximum atomic E-state index is 12.5. The molecule has 0 radical (unpaired) electrons. The molecule has 1 aliphatic heterocycles. The number of hydrogen-bond acceptors (Lipinski definition) is 2. The molecule has 1 heterocycles. The molecule has 18 heavy (non-hydrogen) atoms. The number of carbonyl (C=O) groups excluding carboxylic acids is 1. The van der Waals surface area contributed by atoms with Crippen molar-refractivity contribution in [2.75, 3.05) is 19.6 Å². The standard InChI is InChI=1S/C14H26N2O.ClH/c1-10-6-11(2)9-16(8-10)14(17)13-5-3-4-12(13)7-15;/h10-13H,3-9,15H2,1-2H3;1H/t10?,11?,12-,13-;/m1./s1. The third-order valence-corrected chi connectivity index (χ3v) is 4.46. The topological polar surface area (TPSA) is 46.3 Å². The number of rotatable bonds is 2.